The highest BCUT2D eigenvalue weighted by Crippen LogP contribution is 2.00. The minimum absolute atomic E-state index is 0.142. The molecule has 0 heterocycles. The molecule has 21 heavy (non-hydrogen) atoms. The number of hydrogen-bond acceptors (Lipinski definition) is 3. The summed E-state index contributed by atoms with van der Waals surface area (Å²) in [7, 11) is -1.47. The Morgan fingerprint density at radius 2 is 1.86 bits per heavy atom. The zero-order valence-corrected chi connectivity index (χ0v) is 15.1. The molecule has 126 valence electrons. The van der Waals surface area contributed by atoms with E-state index < -0.39 is 10.0 Å². The average Bonchev–Trinajstić information content (AvgIpc) is 2.42. The maximum atomic E-state index is 11.6. The first-order chi connectivity index (χ1) is 9.74. The smallest absolute Gasteiger partial charge is 0.213 e. The van der Waals surface area contributed by atoms with Gasteiger partial charge in [0.1, 0.15) is 0 Å². The van der Waals surface area contributed by atoms with Gasteiger partial charge in [0.15, 0.2) is 5.96 Å². The Morgan fingerprint density at radius 1 is 1.24 bits per heavy atom. The Bertz CT molecular complexity index is 407. The van der Waals surface area contributed by atoms with E-state index in [2.05, 4.69) is 36.4 Å². The SMILES string of the molecule is CCNC(=NCCCN(C)S(=O)(=O)CC)NC(C)C(C)C. The molecule has 0 aliphatic heterocycles. The van der Waals surface area contributed by atoms with Crippen LogP contribution in [0.25, 0.3) is 0 Å². The molecule has 1 atom stereocenters. The highest BCUT2D eigenvalue weighted by Gasteiger charge is 2.14. The summed E-state index contributed by atoms with van der Waals surface area (Å²) >= 11 is 0. The first kappa shape index (κ1) is 20.2. The first-order valence-electron chi connectivity index (χ1n) is 7.73. The van der Waals surface area contributed by atoms with Crippen LogP contribution in [0, 0.1) is 5.92 Å². The summed E-state index contributed by atoms with van der Waals surface area (Å²) < 4.78 is 24.6. The Hall–Kier alpha value is -0.820. The van der Waals surface area contributed by atoms with Gasteiger partial charge in [-0.05, 0) is 33.1 Å². The quantitative estimate of drug-likeness (QED) is 0.381. The number of hydrogen-bond donors (Lipinski definition) is 2. The van der Waals surface area contributed by atoms with Crippen molar-refractivity contribution < 1.29 is 8.42 Å². The third kappa shape index (κ3) is 8.26. The molecule has 1 unspecified atom stereocenters. The van der Waals surface area contributed by atoms with Crippen molar-refractivity contribution in [2.24, 2.45) is 10.9 Å². The van der Waals surface area contributed by atoms with Crippen molar-refractivity contribution in [1.82, 2.24) is 14.9 Å². The predicted molar refractivity (Wildman–Crippen MR) is 90.1 cm³/mol. The summed E-state index contributed by atoms with van der Waals surface area (Å²) in [5.74, 6) is 1.46. The van der Waals surface area contributed by atoms with Gasteiger partial charge in [-0.1, -0.05) is 13.8 Å². The summed E-state index contributed by atoms with van der Waals surface area (Å²) in [6.45, 7) is 12.0. The van der Waals surface area contributed by atoms with Gasteiger partial charge in [-0.2, -0.15) is 0 Å². The highest BCUT2D eigenvalue weighted by atomic mass is 32.2. The lowest BCUT2D eigenvalue weighted by Gasteiger charge is -2.21. The molecule has 0 amide bonds. The fourth-order valence-corrected chi connectivity index (χ4v) is 2.39. The van der Waals surface area contributed by atoms with Crippen LogP contribution in [0.15, 0.2) is 4.99 Å². The van der Waals surface area contributed by atoms with E-state index in [1.807, 2.05) is 6.92 Å². The van der Waals surface area contributed by atoms with Crippen LogP contribution in [0.2, 0.25) is 0 Å². The van der Waals surface area contributed by atoms with E-state index in [-0.39, 0.29) is 5.75 Å². The Labute approximate surface area is 130 Å². The van der Waals surface area contributed by atoms with E-state index >= 15 is 0 Å². The zero-order valence-electron chi connectivity index (χ0n) is 14.3. The fraction of sp³-hybridized carbons (Fsp3) is 0.929. The number of sulfonamides is 1. The van der Waals surface area contributed by atoms with Crippen LogP contribution in [0.1, 0.15) is 41.0 Å². The second-order valence-electron chi connectivity index (χ2n) is 5.51. The third-order valence-electron chi connectivity index (χ3n) is 3.45. The van der Waals surface area contributed by atoms with Gasteiger partial charge in [-0.3, -0.25) is 4.99 Å². The summed E-state index contributed by atoms with van der Waals surface area (Å²) in [6, 6.07) is 0.339. The summed E-state index contributed by atoms with van der Waals surface area (Å²) in [4.78, 5) is 4.49. The van der Waals surface area contributed by atoms with Crippen LogP contribution in [-0.2, 0) is 10.0 Å². The van der Waals surface area contributed by atoms with Crippen molar-refractivity contribution in [3.8, 4) is 0 Å². The largest absolute Gasteiger partial charge is 0.357 e. The lowest BCUT2D eigenvalue weighted by molar-refractivity contribution is 0.463. The summed E-state index contributed by atoms with van der Waals surface area (Å²) in [5, 5.41) is 6.56. The molecule has 2 N–H and O–H groups in total. The van der Waals surface area contributed by atoms with Crippen LogP contribution >= 0.6 is 0 Å². The van der Waals surface area contributed by atoms with Gasteiger partial charge in [0.25, 0.3) is 0 Å². The number of guanidine groups is 1. The van der Waals surface area contributed by atoms with Gasteiger partial charge in [-0.15, -0.1) is 0 Å². The molecule has 7 heteroatoms. The van der Waals surface area contributed by atoms with Crippen molar-refractivity contribution in [2.45, 2.75) is 47.1 Å². The minimum atomic E-state index is -3.09. The molecular weight excluding hydrogens is 288 g/mol. The minimum Gasteiger partial charge on any atom is -0.357 e. The average molecular weight is 321 g/mol. The first-order valence-corrected chi connectivity index (χ1v) is 9.34. The molecule has 0 saturated carbocycles. The Morgan fingerprint density at radius 3 is 2.33 bits per heavy atom. The van der Waals surface area contributed by atoms with Crippen LogP contribution < -0.4 is 10.6 Å². The van der Waals surface area contributed by atoms with Crippen LogP contribution in [0.5, 0.6) is 0 Å². The monoisotopic (exact) mass is 320 g/mol. The van der Waals surface area contributed by atoms with Crippen molar-refractivity contribution in [2.75, 3.05) is 32.4 Å². The molecule has 0 aromatic carbocycles. The van der Waals surface area contributed by atoms with Gasteiger partial charge < -0.3 is 10.6 Å². The molecule has 0 aromatic heterocycles. The number of nitrogens with zero attached hydrogens (tertiary/aromatic N) is 2. The zero-order chi connectivity index (χ0) is 16.5. The van der Waals surface area contributed by atoms with Gasteiger partial charge >= 0.3 is 0 Å². The van der Waals surface area contributed by atoms with Crippen LogP contribution in [-0.4, -0.2) is 57.2 Å². The van der Waals surface area contributed by atoms with Crippen molar-refractivity contribution in [3.05, 3.63) is 0 Å². The van der Waals surface area contributed by atoms with E-state index in [1.165, 1.54) is 4.31 Å². The molecule has 0 spiro atoms. The molecule has 0 saturated heterocycles. The second-order valence-corrected chi connectivity index (χ2v) is 7.88. The van der Waals surface area contributed by atoms with Crippen molar-refractivity contribution in [1.29, 1.82) is 0 Å². The van der Waals surface area contributed by atoms with E-state index in [1.54, 1.807) is 14.0 Å². The van der Waals surface area contributed by atoms with Gasteiger partial charge in [-0.25, -0.2) is 12.7 Å². The standard InChI is InChI=1S/C14H32N4O2S/c1-7-15-14(17-13(5)12(3)4)16-10-9-11-18(6)21(19,20)8-2/h12-13H,7-11H2,1-6H3,(H2,15,16,17). The second kappa shape index (κ2) is 10.00. The molecule has 0 radical (unpaired) electrons. The van der Waals surface area contributed by atoms with E-state index in [0.29, 0.717) is 31.5 Å². The third-order valence-corrected chi connectivity index (χ3v) is 5.31. The molecule has 6 nitrogen and oxygen atoms in total. The van der Waals surface area contributed by atoms with Gasteiger partial charge in [0, 0.05) is 32.7 Å². The number of aliphatic imine (C=N–C) groups is 1. The van der Waals surface area contributed by atoms with Crippen LogP contribution in [0.3, 0.4) is 0 Å². The highest BCUT2D eigenvalue weighted by molar-refractivity contribution is 7.89. The topological polar surface area (TPSA) is 73.8 Å². The van der Waals surface area contributed by atoms with E-state index in [9.17, 15) is 8.42 Å². The van der Waals surface area contributed by atoms with E-state index in [0.717, 1.165) is 12.5 Å². The number of nitrogens with one attached hydrogen (secondary N) is 2. The molecule has 0 rings (SSSR count). The Balaban J connectivity index is 4.33. The van der Waals surface area contributed by atoms with Crippen LogP contribution in [0.4, 0.5) is 0 Å². The lowest BCUT2D eigenvalue weighted by atomic mass is 10.1. The number of rotatable bonds is 9. The molecule has 0 fully saturated rings. The fourth-order valence-electron chi connectivity index (χ4n) is 1.55. The normalized spacial score (nSPS) is 14.6. The van der Waals surface area contributed by atoms with Crippen molar-refractivity contribution >= 4 is 16.0 Å². The molecule has 0 aliphatic rings. The maximum absolute atomic E-state index is 11.6. The summed E-state index contributed by atoms with van der Waals surface area (Å²) in [5.41, 5.74) is 0. The summed E-state index contributed by atoms with van der Waals surface area (Å²) in [6.07, 6.45) is 0.711. The van der Waals surface area contributed by atoms with Gasteiger partial charge in [0.2, 0.25) is 10.0 Å². The van der Waals surface area contributed by atoms with Gasteiger partial charge in [0.05, 0.1) is 5.75 Å². The van der Waals surface area contributed by atoms with E-state index in [4.69, 9.17) is 0 Å². The van der Waals surface area contributed by atoms with Crippen molar-refractivity contribution in [3.63, 3.8) is 0 Å². The molecule has 0 bridgehead atoms. The lowest BCUT2D eigenvalue weighted by Crippen LogP contribution is -2.44. The maximum Gasteiger partial charge on any atom is 0.213 e. The molecule has 0 aromatic rings. The Kier molecular flexibility index (Phi) is 9.61. The molecular formula is C14H32N4O2S. The predicted octanol–water partition coefficient (Wildman–Crippen LogP) is 1.26. The molecule has 0 aliphatic carbocycles.